The predicted molar refractivity (Wildman–Crippen MR) is 138 cm³/mol. The minimum Gasteiger partial charge on any atom is -0.481 e. The highest BCUT2D eigenvalue weighted by Crippen LogP contribution is 2.31. The largest absolute Gasteiger partial charge is 0.481 e. The first kappa shape index (κ1) is 23.6. The Morgan fingerprint density at radius 2 is 1.71 bits per heavy atom. The number of carbonyl (C=O) groups is 2. The van der Waals surface area contributed by atoms with Gasteiger partial charge in [0.25, 0.3) is 5.91 Å². The van der Waals surface area contributed by atoms with Crippen LogP contribution in [0.5, 0.6) is 0 Å². The quantitative estimate of drug-likeness (QED) is 0.303. The fourth-order valence-electron chi connectivity index (χ4n) is 4.35. The van der Waals surface area contributed by atoms with Crippen LogP contribution in [0.3, 0.4) is 0 Å². The third-order valence-electron chi connectivity index (χ3n) is 6.02. The van der Waals surface area contributed by atoms with E-state index in [0.29, 0.717) is 5.56 Å². The van der Waals surface area contributed by atoms with E-state index in [1.807, 2.05) is 86.6 Å². The Bertz CT molecular complexity index is 1370. The molecule has 1 atom stereocenters. The van der Waals surface area contributed by atoms with Gasteiger partial charge in [0.15, 0.2) is 0 Å². The molecule has 172 valence electrons. The molecular formula is C28H25BrN2O3. The Morgan fingerprint density at radius 3 is 2.41 bits per heavy atom. The molecule has 0 radical (unpaired) electrons. The molecule has 4 aromatic rings. The molecule has 0 spiro atoms. The molecule has 3 aromatic carbocycles. The summed E-state index contributed by atoms with van der Waals surface area (Å²) < 4.78 is 0.853. The van der Waals surface area contributed by atoms with Gasteiger partial charge in [0, 0.05) is 27.9 Å². The van der Waals surface area contributed by atoms with Gasteiger partial charge in [-0.1, -0.05) is 70.5 Å². The Hall–Kier alpha value is -3.51. The summed E-state index contributed by atoms with van der Waals surface area (Å²) in [7, 11) is 0. The molecule has 1 aromatic heterocycles. The van der Waals surface area contributed by atoms with Crippen LogP contribution in [0.25, 0.3) is 22.2 Å². The Labute approximate surface area is 207 Å². The average molecular weight is 517 g/mol. The van der Waals surface area contributed by atoms with Gasteiger partial charge in [0.2, 0.25) is 0 Å². The molecule has 0 unspecified atom stereocenters. The predicted octanol–water partition coefficient (Wildman–Crippen LogP) is 6.27. The standard InChI is InChI=1S/C28H25BrN2O3/c1-17-8-6-7-11-22(17)20(14-25(32)33)16-30-28(34)26-18(2)27(19-9-4-3-5-10-19)31-24-13-12-21(29)15-23(24)26/h3-13,15,20H,14,16H2,1-2H3,(H,30,34)(H,32,33)/t20-/m0/s1. The number of carboxylic acid groups (broad SMARTS) is 1. The number of nitrogens with zero attached hydrogens (tertiary/aromatic N) is 1. The Balaban J connectivity index is 1.74. The number of pyridine rings is 1. The maximum Gasteiger partial charge on any atom is 0.304 e. The molecule has 34 heavy (non-hydrogen) atoms. The highest BCUT2D eigenvalue weighted by atomic mass is 79.9. The molecule has 6 heteroatoms. The van der Waals surface area contributed by atoms with Gasteiger partial charge in [0.1, 0.15) is 0 Å². The number of amides is 1. The molecule has 4 rings (SSSR count). The molecule has 0 aliphatic heterocycles. The highest BCUT2D eigenvalue weighted by Gasteiger charge is 2.22. The van der Waals surface area contributed by atoms with Gasteiger partial charge in [-0.25, -0.2) is 4.98 Å². The van der Waals surface area contributed by atoms with Crippen molar-refractivity contribution in [3.8, 4) is 11.3 Å². The van der Waals surface area contributed by atoms with Crippen LogP contribution < -0.4 is 5.32 Å². The van der Waals surface area contributed by atoms with E-state index in [1.54, 1.807) is 0 Å². The number of fused-ring (bicyclic) bond motifs is 1. The van der Waals surface area contributed by atoms with E-state index in [9.17, 15) is 14.7 Å². The van der Waals surface area contributed by atoms with Crippen molar-refractivity contribution in [3.05, 3.63) is 99.5 Å². The van der Waals surface area contributed by atoms with Crippen LogP contribution in [-0.2, 0) is 4.79 Å². The second-order valence-electron chi connectivity index (χ2n) is 8.35. The van der Waals surface area contributed by atoms with Crippen molar-refractivity contribution in [2.24, 2.45) is 0 Å². The van der Waals surface area contributed by atoms with E-state index in [0.717, 1.165) is 43.3 Å². The number of carbonyl (C=O) groups excluding carboxylic acids is 1. The number of carboxylic acids is 1. The fraction of sp³-hybridized carbons (Fsp3) is 0.179. The fourth-order valence-corrected chi connectivity index (χ4v) is 4.71. The number of hydrogen-bond donors (Lipinski definition) is 2. The van der Waals surface area contributed by atoms with Crippen molar-refractivity contribution in [3.63, 3.8) is 0 Å². The molecule has 2 N–H and O–H groups in total. The molecule has 0 fully saturated rings. The first-order chi connectivity index (χ1) is 16.3. The topological polar surface area (TPSA) is 79.3 Å². The van der Waals surface area contributed by atoms with Crippen molar-refractivity contribution in [1.29, 1.82) is 0 Å². The van der Waals surface area contributed by atoms with Gasteiger partial charge >= 0.3 is 5.97 Å². The summed E-state index contributed by atoms with van der Waals surface area (Å²) in [6.45, 7) is 4.07. The molecular weight excluding hydrogens is 492 g/mol. The number of benzene rings is 3. The number of aliphatic carboxylic acids is 1. The third kappa shape index (κ3) is 5.02. The summed E-state index contributed by atoms with van der Waals surface area (Å²) in [6, 6.07) is 23.2. The van der Waals surface area contributed by atoms with Crippen LogP contribution >= 0.6 is 15.9 Å². The Morgan fingerprint density at radius 1 is 1.00 bits per heavy atom. The van der Waals surface area contributed by atoms with E-state index in [2.05, 4.69) is 21.2 Å². The number of hydrogen-bond acceptors (Lipinski definition) is 3. The summed E-state index contributed by atoms with van der Waals surface area (Å²) in [6.07, 6.45) is -0.0674. The molecule has 0 aliphatic rings. The zero-order valence-corrected chi connectivity index (χ0v) is 20.6. The van der Waals surface area contributed by atoms with Crippen molar-refractivity contribution >= 4 is 38.7 Å². The van der Waals surface area contributed by atoms with Gasteiger partial charge in [-0.2, -0.15) is 0 Å². The first-order valence-corrected chi connectivity index (χ1v) is 11.8. The number of aryl methyl sites for hydroxylation is 1. The van der Waals surface area contributed by atoms with Crippen molar-refractivity contribution in [1.82, 2.24) is 10.3 Å². The van der Waals surface area contributed by atoms with Crippen LogP contribution in [0.4, 0.5) is 0 Å². The summed E-state index contributed by atoms with van der Waals surface area (Å²) in [4.78, 5) is 30.0. The van der Waals surface area contributed by atoms with Crippen molar-refractivity contribution < 1.29 is 14.7 Å². The molecule has 1 amide bonds. The lowest BCUT2D eigenvalue weighted by atomic mass is 9.91. The summed E-state index contributed by atoms with van der Waals surface area (Å²) in [5, 5.41) is 13.2. The minimum atomic E-state index is -0.900. The van der Waals surface area contributed by atoms with E-state index >= 15 is 0 Å². The van der Waals surface area contributed by atoms with Crippen molar-refractivity contribution in [2.75, 3.05) is 6.54 Å². The zero-order chi connectivity index (χ0) is 24.2. The lowest BCUT2D eigenvalue weighted by Gasteiger charge is -2.20. The van der Waals surface area contributed by atoms with Crippen LogP contribution in [0.15, 0.2) is 77.3 Å². The zero-order valence-electron chi connectivity index (χ0n) is 19.0. The first-order valence-electron chi connectivity index (χ1n) is 11.1. The van der Waals surface area contributed by atoms with Crippen LogP contribution in [-0.4, -0.2) is 28.5 Å². The summed E-state index contributed by atoms with van der Waals surface area (Å²) in [5.74, 6) is -1.48. The van der Waals surface area contributed by atoms with Gasteiger partial charge in [-0.05, 0) is 48.7 Å². The van der Waals surface area contributed by atoms with Crippen molar-refractivity contribution in [2.45, 2.75) is 26.2 Å². The molecule has 0 saturated carbocycles. The van der Waals surface area contributed by atoms with E-state index in [1.165, 1.54) is 0 Å². The maximum absolute atomic E-state index is 13.6. The molecule has 1 heterocycles. The normalized spacial score (nSPS) is 11.9. The van der Waals surface area contributed by atoms with Crippen LogP contribution in [0, 0.1) is 13.8 Å². The SMILES string of the molecule is Cc1ccccc1[C@H](CNC(=O)c1c(C)c(-c2ccccc2)nc2ccc(Br)cc12)CC(=O)O. The Kier molecular flexibility index (Phi) is 7.08. The number of halogens is 1. The van der Waals surface area contributed by atoms with Gasteiger partial charge < -0.3 is 10.4 Å². The van der Waals surface area contributed by atoms with E-state index in [-0.39, 0.29) is 24.8 Å². The second kappa shape index (κ2) is 10.2. The van der Waals surface area contributed by atoms with Crippen LogP contribution in [0.1, 0.15) is 39.4 Å². The molecule has 0 bridgehead atoms. The lowest BCUT2D eigenvalue weighted by Crippen LogP contribution is -2.30. The molecule has 0 aliphatic carbocycles. The smallest absolute Gasteiger partial charge is 0.304 e. The van der Waals surface area contributed by atoms with Gasteiger partial charge in [0.05, 0.1) is 23.2 Å². The van der Waals surface area contributed by atoms with Gasteiger partial charge in [-0.3, -0.25) is 9.59 Å². The number of rotatable bonds is 7. The van der Waals surface area contributed by atoms with E-state index < -0.39 is 5.97 Å². The molecule has 5 nitrogen and oxygen atoms in total. The van der Waals surface area contributed by atoms with Crippen LogP contribution in [0.2, 0.25) is 0 Å². The number of nitrogens with one attached hydrogen (secondary N) is 1. The average Bonchev–Trinajstić information content (AvgIpc) is 2.82. The summed E-state index contributed by atoms with van der Waals surface area (Å²) in [5.41, 5.74) is 5.66. The monoisotopic (exact) mass is 516 g/mol. The molecule has 0 saturated heterocycles. The lowest BCUT2D eigenvalue weighted by molar-refractivity contribution is -0.137. The second-order valence-corrected chi connectivity index (χ2v) is 9.26. The third-order valence-corrected chi connectivity index (χ3v) is 6.52. The van der Waals surface area contributed by atoms with E-state index in [4.69, 9.17) is 4.98 Å². The summed E-state index contributed by atoms with van der Waals surface area (Å²) >= 11 is 3.51. The highest BCUT2D eigenvalue weighted by molar-refractivity contribution is 9.10. The number of aromatic nitrogens is 1. The maximum atomic E-state index is 13.6. The van der Waals surface area contributed by atoms with Gasteiger partial charge in [-0.15, -0.1) is 0 Å². The minimum absolute atomic E-state index is 0.0674.